The number of piperidine rings is 1. The van der Waals surface area contributed by atoms with Crippen LogP contribution in [0.15, 0.2) is 0 Å². The Kier molecular flexibility index (Phi) is 5.46. The minimum Gasteiger partial charge on any atom is -0.314 e. The third kappa shape index (κ3) is 4.26. The van der Waals surface area contributed by atoms with E-state index < -0.39 is 0 Å². The molecule has 0 radical (unpaired) electrons. The fraction of sp³-hybridized carbons (Fsp3) is 0.933. The van der Waals surface area contributed by atoms with Crippen LogP contribution in [0, 0.1) is 23.2 Å². The molecule has 1 N–H and O–H groups in total. The Morgan fingerprint density at radius 3 is 2.39 bits per heavy atom. The molecule has 18 heavy (non-hydrogen) atoms. The first-order valence-electron chi connectivity index (χ1n) is 7.59. The number of nitriles is 1. The van der Waals surface area contributed by atoms with Gasteiger partial charge >= 0.3 is 0 Å². The van der Waals surface area contributed by atoms with Gasteiger partial charge in [0.25, 0.3) is 0 Å². The highest BCUT2D eigenvalue weighted by atomic mass is 15.1. The van der Waals surface area contributed by atoms with Gasteiger partial charge in [-0.15, -0.1) is 0 Å². The van der Waals surface area contributed by atoms with Gasteiger partial charge in [0.2, 0.25) is 0 Å². The molecule has 0 aromatic heterocycles. The van der Waals surface area contributed by atoms with Crippen LogP contribution < -0.4 is 5.32 Å². The number of likely N-dealkylation sites (tertiary alicyclic amines) is 1. The molecule has 1 aliphatic carbocycles. The van der Waals surface area contributed by atoms with Gasteiger partial charge in [-0.3, -0.25) is 0 Å². The predicted molar refractivity (Wildman–Crippen MR) is 74.2 cm³/mol. The molecular formula is C15H27N3. The first kappa shape index (κ1) is 13.8. The number of hydrogen-bond donors (Lipinski definition) is 1. The summed E-state index contributed by atoms with van der Waals surface area (Å²) in [6.07, 6.45) is 8.69. The quantitative estimate of drug-likeness (QED) is 0.831. The molecule has 2 aliphatic rings. The average Bonchev–Trinajstić information content (AvgIpc) is 2.42. The van der Waals surface area contributed by atoms with Crippen LogP contribution in [0.3, 0.4) is 0 Å². The summed E-state index contributed by atoms with van der Waals surface area (Å²) in [6, 6.07) is 3.09. The van der Waals surface area contributed by atoms with Crippen molar-refractivity contribution in [3.8, 4) is 6.07 Å². The van der Waals surface area contributed by atoms with Crippen LogP contribution in [-0.2, 0) is 0 Å². The standard InChI is InChI=1S/C15H27N3/c1-18-10-7-13(8-11-18)6-9-17-15-4-2-14(12-16)3-5-15/h13-15,17H,2-11H2,1H3. The maximum Gasteiger partial charge on any atom is 0.0655 e. The van der Waals surface area contributed by atoms with Crippen LogP contribution in [-0.4, -0.2) is 37.6 Å². The van der Waals surface area contributed by atoms with Crippen molar-refractivity contribution in [2.45, 2.75) is 51.0 Å². The highest BCUT2D eigenvalue weighted by molar-refractivity contribution is 4.89. The van der Waals surface area contributed by atoms with E-state index >= 15 is 0 Å². The van der Waals surface area contributed by atoms with Crippen molar-refractivity contribution in [2.24, 2.45) is 11.8 Å². The van der Waals surface area contributed by atoms with E-state index in [2.05, 4.69) is 23.3 Å². The van der Waals surface area contributed by atoms with Gasteiger partial charge in [0.1, 0.15) is 0 Å². The molecule has 0 aromatic carbocycles. The van der Waals surface area contributed by atoms with Crippen LogP contribution in [0.4, 0.5) is 0 Å². The van der Waals surface area contributed by atoms with E-state index in [1.165, 1.54) is 51.7 Å². The lowest BCUT2D eigenvalue weighted by molar-refractivity contribution is 0.208. The van der Waals surface area contributed by atoms with Crippen molar-refractivity contribution >= 4 is 0 Å². The molecule has 2 rings (SSSR count). The molecule has 2 fully saturated rings. The molecule has 3 heteroatoms. The normalized spacial score (nSPS) is 31.1. The number of nitrogens with zero attached hydrogens (tertiary/aromatic N) is 2. The van der Waals surface area contributed by atoms with Gasteiger partial charge < -0.3 is 10.2 Å². The maximum atomic E-state index is 8.87. The summed E-state index contributed by atoms with van der Waals surface area (Å²) in [5.41, 5.74) is 0. The van der Waals surface area contributed by atoms with Gasteiger partial charge in [-0.1, -0.05) is 0 Å². The van der Waals surface area contributed by atoms with Crippen LogP contribution >= 0.6 is 0 Å². The molecule has 0 atom stereocenters. The van der Waals surface area contributed by atoms with Crippen molar-refractivity contribution in [1.29, 1.82) is 5.26 Å². The van der Waals surface area contributed by atoms with E-state index in [9.17, 15) is 0 Å². The second-order valence-electron chi connectivity index (χ2n) is 6.17. The van der Waals surface area contributed by atoms with E-state index in [1.54, 1.807) is 0 Å². The number of hydrogen-bond acceptors (Lipinski definition) is 3. The van der Waals surface area contributed by atoms with Gasteiger partial charge in [0.15, 0.2) is 0 Å². The lowest BCUT2D eigenvalue weighted by Gasteiger charge is -2.30. The molecule has 0 unspecified atom stereocenters. The molecule has 0 spiro atoms. The molecule has 3 nitrogen and oxygen atoms in total. The minimum absolute atomic E-state index is 0.330. The molecule has 1 saturated heterocycles. The van der Waals surface area contributed by atoms with Gasteiger partial charge in [0.05, 0.1) is 6.07 Å². The summed E-state index contributed by atoms with van der Waals surface area (Å²) >= 11 is 0. The molecular weight excluding hydrogens is 222 g/mol. The summed E-state index contributed by atoms with van der Waals surface area (Å²) < 4.78 is 0. The van der Waals surface area contributed by atoms with Crippen LogP contribution in [0.5, 0.6) is 0 Å². The summed E-state index contributed by atoms with van der Waals surface area (Å²) in [7, 11) is 2.22. The van der Waals surface area contributed by atoms with E-state index in [0.29, 0.717) is 12.0 Å². The Labute approximate surface area is 112 Å². The lowest BCUT2D eigenvalue weighted by atomic mass is 9.87. The van der Waals surface area contributed by atoms with Crippen LogP contribution in [0.2, 0.25) is 0 Å². The van der Waals surface area contributed by atoms with Gasteiger partial charge in [-0.05, 0) is 77.5 Å². The first-order valence-corrected chi connectivity index (χ1v) is 7.59. The Morgan fingerprint density at radius 1 is 1.11 bits per heavy atom. The van der Waals surface area contributed by atoms with Crippen molar-refractivity contribution in [3.63, 3.8) is 0 Å². The highest BCUT2D eigenvalue weighted by Gasteiger charge is 2.21. The smallest absolute Gasteiger partial charge is 0.0655 e. The lowest BCUT2D eigenvalue weighted by Crippen LogP contribution is -2.36. The predicted octanol–water partition coefficient (Wildman–Crippen LogP) is 2.39. The summed E-state index contributed by atoms with van der Waals surface area (Å²) in [5, 5.41) is 12.6. The third-order valence-corrected chi connectivity index (χ3v) is 4.73. The topological polar surface area (TPSA) is 39.1 Å². The molecule has 1 aliphatic heterocycles. The first-order chi connectivity index (χ1) is 8.78. The largest absolute Gasteiger partial charge is 0.314 e. The molecule has 1 saturated carbocycles. The van der Waals surface area contributed by atoms with Crippen LogP contribution in [0.1, 0.15) is 44.9 Å². The van der Waals surface area contributed by atoms with Gasteiger partial charge in [-0.2, -0.15) is 5.26 Å². The fourth-order valence-corrected chi connectivity index (χ4v) is 3.27. The number of nitrogens with one attached hydrogen (secondary N) is 1. The zero-order valence-corrected chi connectivity index (χ0v) is 11.7. The SMILES string of the molecule is CN1CCC(CCNC2CCC(C#N)CC2)CC1. The second kappa shape index (κ2) is 7.11. The molecule has 0 bridgehead atoms. The minimum atomic E-state index is 0.330. The molecule has 0 aromatic rings. The molecule has 102 valence electrons. The highest BCUT2D eigenvalue weighted by Crippen LogP contribution is 2.24. The Balaban J connectivity index is 1.55. The molecule has 1 heterocycles. The van der Waals surface area contributed by atoms with Crippen molar-refractivity contribution in [2.75, 3.05) is 26.7 Å². The zero-order chi connectivity index (χ0) is 12.8. The van der Waals surface area contributed by atoms with Crippen molar-refractivity contribution in [3.05, 3.63) is 0 Å². The van der Waals surface area contributed by atoms with Crippen molar-refractivity contribution in [1.82, 2.24) is 10.2 Å². The monoisotopic (exact) mass is 249 g/mol. The van der Waals surface area contributed by atoms with E-state index in [4.69, 9.17) is 5.26 Å². The zero-order valence-electron chi connectivity index (χ0n) is 11.7. The summed E-state index contributed by atoms with van der Waals surface area (Å²) in [5.74, 6) is 1.26. The fourth-order valence-electron chi connectivity index (χ4n) is 3.27. The second-order valence-corrected chi connectivity index (χ2v) is 6.17. The summed E-state index contributed by atoms with van der Waals surface area (Å²) in [6.45, 7) is 3.73. The number of rotatable bonds is 4. The van der Waals surface area contributed by atoms with Gasteiger partial charge in [-0.25, -0.2) is 0 Å². The Bertz CT molecular complexity index is 268. The Hall–Kier alpha value is -0.590. The Morgan fingerprint density at radius 2 is 1.78 bits per heavy atom. The van der Waals surface area contributed by atoms with E-state index in [1.807, 2.05) is 0 Å². The maximum absolute atomic E-state index is 8.87. The van der Waals surface area contributed by atoms with Crippen LogP contribution in [0.25, 0.3) is 0 Å². The van der Waals surface area contributed by atoms with Crippen molar-refractivity contribution < 1.29 is 0 Å². The van der Waals surface area contributed by atoms with E-state index in [-0.39, 0.29) is 0 Å². The average molecular weight is 249 g/mol. The van der Waals surface area contributed by atoms with E-state index in [0.717, 1.165) is 18.8 Å². The molecule has 0 amide bonds. The summed E-state index contributed by atoms with van der Waals surface area (Å²) in [4.78, 5) is 2.44. The van der Waals surface area contributed by atoms with Gasteiger partial charge in [0, 0.05) is 12.0 Å². The third-order valence-electron chi connectivity index (χ3n) is 4.73.